The normalized spacial score (nSPS) is 47.2. The van der Waals surface area contributed by atoms with Crippen molar-refractivity contribution in [1.82, 2.24) is 0 Å². The Hall–Kier alpha value is -0.370. The van der Waals surface area contributed by atoms with E-state index in [-0.39, 0.29) is 0 Å². The summed E-state index contributed by atoms with van der Waals surface area (Å²) in [7, 11) is 0. The molecule has 28 heavy (non-hydrogen) atoms. The van der Waals surface area contributed by atoms with Crippen LogP contribution in [0.25, 0.3) is 0 Å². The monoisotopic (exact) mass is 390 g/mol. The van der Waals surface area contributed by atoms with Gasteiger partial charge >= 0.3 is 0 Å². The molecule has 4 aliphatic rings. The predicted octanol–water partition coefficient (Wildman–Crippen LogP) is 6.91. The lowest BCUT2D eigenvalue weighted by molar-refractivity contribution is -0.132. The largest absolute Gasteiger partial charge is 0.381 e. The third-order valence-electron chi connectivity index (χ3n) is 9.64. The molecule has 4 rings (SSSR count). The Morgan fingerprint density at radius 3 is 2.25 bits per heavy atom. The van der Waals surface area contributed by atoms with Crippen molar-refractivity contribution in [3.05, 3.63) is 0 Å². The van der Waals surface area contributed by atoms with Crippen molar-refractivity contribution in [2.24, 2.45) is 46.3 Å². The Labute approximate surface area is 174 Å². The SMILES string of the molecule is CC.CCOCC1CCC2C3CCC4(C)C(C(C)=O)CCC4C3CC[C@]2(C)C1. The van der Waals surface area contributed by atoms with Crippen molar-refractivity contribution in [1.29, 1.82) is 0 Å². The second-order valence-corrected chi connectivity index (χ2v) is 10.8. The second-order valence-electron chi connectivity index (χ2n) is 10.8. The molecule has 0 spiro atoms. The van der Waals surface area contributed by atoms with Crippen molar-refractivity contribution >= 4 is 5.78 Å². The van der Waals surface area contributed by atoms with Gasteiger partial charge in [0.1, 0.15) is 5.78 Å². The third kappa shape index (κ3) is 3.72. The fourth-order valence-corrected chi connectivity index (χ4v) is 8.52. The highest BCUT2D eigenvalue weighted by Gasteiger charge is 2.59. The van der Waals surface area contributed by atoms with Crippen LogP contribution in [0.5, 0.6) is 0 Å². The number of fused-ring (bicyclic) bond motifs is 5. The van der Waals surface area contributed by atoms with Crippen molar-refractivity contribution in [2.75, 3.05) is 13.2 Å². The molecule has 0 aromatic heterocycles. The van der Waals surface area contributed by atoms with Crippen molar-refractivity contribution in [2.45, 2.75) is 99.3 Å². The van der Waals surface area contributed by atoms with Gasteiger partial charge in [0.15, 0.2) is 0 Å². The first-order valence-electron chi connectivity index (χ1n) is 12.5. The highest BCUT2D eigenvalue weighted by atomic mass is 16.5. The molecule has 7 unspecified atom stereocenters. The third-order valence-corrected chi connectivity index (χ3v) is 9.64. The summed E-state index contributed by atoms with van der Waals surface area (Å²) >= 11 is 0. The molecule has 4 aliphatic carbocycles. The molecule has 0 heterocycles. The predicted molar refractivity (Wildman–Crippen MR) is 117 cm³/mol. The maximum atomic E-state index is 12.3. The Morgan fingerprint density at radius 2 is 1.57 bits per heavy atom. The van der Waals surface area contributed by atoms with E-state index in [2.05, 4.69) is 20.8 Å². The van der Waals surface area contributed by atoms with Crippen LogP contribution >= 0.6 is 0 Å². The highest BCUT2D eigenvalue weighted by Crippen LogP contribution is 2.66. The van der Waals surface area contributed by atoms with Gasteiger partial charge in [0.2, 0.25) is 0 Å². The van der Waals surface area contributed by atoms with E-state index in [0.29, 0.717) is 22.5 Å². The molecule has 0 aliphatic heterocycles. The smallest absolute Gasteiger partial charge is 0.133 e. The molecule has 2 heteroatoms. The summed E-state index contributed by atoms with van der Waals surface area (Å²) in [6.07, 6.45) is 12.2. The molecule has 4 saturated carbocycles. The van der Waals surface area contributed by atoms with Gasteiger partial charge in [-0.05, 0) is 112 Å². The van der Waals surface area contributed by atoms with Crippen LogP contribution in [0, 0.1) is 46.3 Å². The lowest BCUT2D eigenvalue weighted by Crippen LogP contribution is -2.52. The van der Waals surface area contributed by atoms with Crippen molar-refractivity contribution < 1.29 is 9.53 Å². The first-order chi connectivity index (χ1) is 13.4. The Kier molecular flexibility index (Phi) is 7.00. The Morgan fingerprint density at radius 1 is 0.929 bits per heavy atom. The fourth-order valence-electron chi connectivity index (χ4n) is 8.52. The molecule has 4 fully saturated rings. The molecule has 0 N–H and O–H groups in total. The van der Waals surface area contributed by atoms with Gasteiger partial charge in [0.05, 0.1) is 0 Å². The average Bonchev–Trinajstić information content (AvgIpc) is 3.04. The molecule has 2 nitrogen and oxygen atoms in total. The molecule has 0 aromatic rings. The van der Waals surface area contributed by atoms with Gasteiger partial charge in [-0.25, -0.2) is 0 Å². The number of carbonyl (C=O) groups excluding carboxylic acids is 1. The van der Waals surface area contributed by atoms with E-state index in [1.807, 2.05) is 20.8 Å². The zero-order valence-electron chi connectivity index (χ0n) is 19.6. The summed E-state index contributed by atoms with van der Waals surface area (Å²) in [5.74, 6) is 5.19. The first-order valence-corrected chi connectivity index (χ1v) is 12.5. The van der Waals surface area contributed by atoms with Crippen LogP contribution in [-0.4, -0.2) is 19.0 Å². The first kappa shape index (κ1) is 22.3. The van der Waals surface area contributed by atoms with Crippen LogP contribution < -0.4 is 0 Å². The Balaban J connectivity index is 0.00000109. The minimum atomic E-state index is 0.312. The lowest BCUT2D eigenvalue weighted by Gasteiger charge is -2.60. The minimum Gasteiger partial charge on any atom is -0.381 e. The number of rotatable bonds is 4. The summed E-state index contributed by atoms with van der Waals surface area (Å²) in [6, 6.07) is 0. The number of hydrogen-bond donors (Lipinski definition) is 0. The number of ketones is 1. The molecule has 8 atom stereocenters. The number of hydrogen-bond acceptors (Lipinski definition) is 2. The van der Waals surface area contributed by atoms with Crippen LogP contribution in [0.1, 0.15) is 99.3 Å². The molecular formula is C26H46O2. The van der Waals surface area contributed by atoms with Crippen LogP contribution in [0.3, 0.4) is 0 Å². The molecule has 0 saturated heterocycles. The quantitative estimate of drug-likeness (QED) is 0.521. The van der Waals surface area contributed by atoms with Gasteiger partial charge in [-0.3, -0.25) is 4.79 Å². The van der Waals surface area contributed by atoms with E-state index in [9.17, 15) is 4.79 Å². The van der Waals surface area contributed by atoms with Gasteiger partial charge in [0, 0.05) is 19.1 Å². The summed E-state index contributed by atoms with van der Waals surface area (Å²) in [6.45, 7) is 14.9. The van der Waals surface area contributed by atoms with Crippen molar-refractivity contribution in [3.8, 4) is 0 Å². The zero-order chi connectivity index (χ0) is 20.5. The molecule has 0 bridgehead atoms. The van der Waals surface area contributed by atoms with Gasteiger partial charge < -0.3 is 4.74 Å². The van der Waals surface area contributed by atoms with Crippen LogP contribution in [0.2, 0.25) is 0 Å². The maximum absolute atomic E-state index is 12.3. The van der Waals surface area contributed by atoms with Crippen LogP contribution in [0.4, 0.5) is 0 Å². The molecular weight excluding hydrogens is 344 g/mol. The van der Waals surface area contributed by atoms with Gasteiger partial charge in [0.25, 0.3) is 0 Å². The average molecular weight is 391 g/mol. The molecule has 0 amide bonds. The van der Waals surface area contributed by atoms with Gasteiger partial charge in [-0.15, -0.1) is 0 Å². The summed E-state index contributed by atoms with van der Waals surface area (Å²) in [4.78, 5) is 12.3. The van der Waals surface area contributed by atoms with E-state index in [1.54, 1.807) is 0 Å². The lowest BCUT2D eigenvalue weighted by atomic mass is 9.45. The van der Waals surface area contributed by atoms with E-state index < -0.39 is 0 Å². The van der Waals surface area contributed by atoms with E-state index in [1.165, 1.54) is 51.4 Å². The second kappa shape index (κ2) is 8.78. The van der Waals surface area contributed by atoms with Crippen LogP contribution in [0.15, 0.2) is 0 Å². The fraction of sp³-hybridized carbons (Fsp3) is 0.962. The van der Waals surface area contributed by atoms with Gasteiger partial charge in [-0.1, -0.05) is 27.7 Å². The molecule has 0 aromatic carbocycles. The standard InChI is InChI=1S/C24H40O2.C2H6/c1-5-26-15-17-6-7-21-18-11-13-24(4)20(16(2)25)8-9-22(24)19(18)10-12-23(21,3)14-17;1-2/h17-22H,5-15H2,1-4H3;1-2H3/t17?,18?,19?,20?,21?,22?,23-,24?;/m1./s1. The number of Topliss-reactive ketones (excluding diaryl/α,β-unsaturated/α-hetero) is 1. The maximum Gasteiger partial charge on any atom is 0.133 e. The summed E-state index contributed by atoms with van der Waals surface area (Å²) < 4.78 is 5.78. The van der Waals surface area contributed by atoms with Crippen LogP contribution in [-0.2, 0) is 9.53 Å². The summed E-state index contributed by atoms with van der Waals surface area (Å²) in [5, 5.41) is 0. The highest BCUT2D eigenvalue weighted by molar-refractivity contribution is 5.79. The zero-order valence-corrected chi connectivity index (χ0v) is 19.6. The number of carbonyl (C=O) groups is 1. The van der Waals surface area contributed by atoms with Crippen molar-refractivity contribution in [3.63, 3.8) is 0 Å². The minimum absolute atomic E-state index is 0.312. The number of ether oxygens (including phenoxy) is 1. The summed E-state index contributed by atoms with van der Waals surface area (Å²) in [5.41, 5.74) is 0.862. The Bertz CT molecular complexity index is 543. The van der Waals surface area contributed by atoms with E-state index in [0.717, 1.165) is 49.2 Å². The topological polar surface area (TPSA) is 26.3 Å². The molecule has 0 radical (unpaired) electrons. The van der Waals surface area contributed by atoms with E-state index >= 15 is 0 Å². The molecule has 162 valence electrons. The van der Waals surface area contributed by atoms with E-state index in [4.69, 9.17) is 4.74 Å². The van der Waals surface area contributed by atoms with Gasteiger partial charge in [-0.2, -0.15) is 0 Å².